The molecule has 0 radical (unpaired) electrons. The van der Waals surface area contributed by atoms with Crippen LogP contribution in [0.5, 0.6) is 0 Å². The first kappa shape index (κ1) is 7.53. The number of benzene rings is 1. The van der Waals surface area contributed by atoms with Crippen molar-refractivity contribution >= 4 is 0 Å². The van der Waals surface area contributed by atoms with Crippen molar-refractivity contribution in [3.63, 3.8) is 0 Å². The summed E-state index contributed by atoms with van der Waals surface area (Å²) in [4.78, 5) is 0. The van der Waals surface area contributed by atoms with Gasteiger partial charge < -0.3 is 10.2 Å². The van der Waals surface area contributed by atoms with E-state index in [2.05, 4.69) is 0 Å². The molecule has 2 nitrogen and oxygen atoms in total. The van der Waals surface area contributed by atoms with Crippen molar-refractivity contribution in [3.05, 3.63) is 47.5 Å². The molecule has 1 aromatic rings. The van der Waals surface area contributed by atoms with Gasteiger partial charge in [-0.3, -0.25) is 0 Å². The standard InChI is InChI=1S/C10H10O2/c11-9-5-6-10(12)8-4-2-1-3-7(8)9/h1-6,9-12H/t9-,10-/m0/s1. The van der Waals surface area contributed by atoms with Gasteiger partial charge in [0.05, 0.1) is 12.2 Å². The number of fused-ring (bicyclic) bond motifs is 1. The van der Waals surface area contributed by atoms with Crippen molar-refractivity contribution in [2.45, 2.75) is 12.2 Å². The van der Waals surface area contributed by atoms with Gasteiger partial charge in [0, 0.05) is 0 Å². The smallest absolute Gasteiger partial charge is 0.0976 e. The van der Waals surface area contributed by atoms with Gasteiger partial charge >= 0.3 is 0 Å². The first-order chi connectivity index (χ1) is 5.79. The van der Waals surface area contributed by atoms with E-state index in [-0.39, 0.29) is 0 Å². The van der Waals surface area contributed by atoms with Crippen LogP contribution in [0, 0.1) is 0 Å². The largest absolute Gasteiger partial charge is 0.384 e. The summed E-state index contributed by atoms with van der Waals surface area (Å²) in [6.45, 7) is 0. The third-order valence-electron chi connectivity index (χ3n) is 2.11. The van der Waals surface area contributed by atoms with E-state index in [9.17, 15) is 10.2 Å². The van der Waals surface area contributed by atoms with Crippen LogP contribution in [0.25, 0.3) is 0 Å². The van der Waals surface area contributed by atoms with E-state index in [1.54, 1.807) is 12.2 Å². The monoisotopic (exact) mass is 162 g/mol. The number of rotatable bonds is 0. The van der Waals surface area contributed by atoms with Gasteiger partial charge in [0.15, 0.2) is 0 Å². The lowest BCUT2D eigenvalue weighted by Gasteiger charge is -2.19. The van der Waals surface area contributed by atoms with Crippen molar-refractivity contribution in [1.82, 2.24) is 0 Å². The van der Waals surface area contributed by atoms with Gasteiger partial charge in [-0.2, -0.15) is 0 Å². The summed E-state index contributed by atoms with van der Waals surface area (Å²) in [5.41, 5.74) is 1.60. The summed E-state index contributed by atoms with van der Waals surface area (Å²) >= 11 is 0. The van der Waals surface area contributed by atoms with E-state index < -0.39 is 12.2 Å². The van der Waals surface area contributed by atoms with Crippen LogP contribution in [0.3, 0.4) is 0 Å². The molecule has 0 unspecified atom stereocenters. The Morgan fingerprint density at radius 3 is 1.67 bits per heavy atom. The van der Waals surface area contributed by atoms with E-state index in [0.29, 0.717) is 0 Å². The molecule has 0 heterocycles. The molecule has 2 rings (SSSR count). The highest BCUT2D eigenvalue weighted by molar-refractivity contribution is 5.38. The van der Waals surface area contributed by atoms with Crippen LogP contribution in [0.15, 0.2) is 36.4 Å². The Bertz CT molecular complexity index is 286. The van der Waals surface area contributed by atoms with Crippen molar-refractivity contribution in [2.24, 2.45) is 0 Å². The molecule has 1 aromatic carbocycles. The second-order valence-corrected chi connectivity index (χ2v) is 2.90. The van der Waals surface area contributed by atoms with Crippen LogP contribution < -0.4 is 0 Å². The second kappa shape index (κ2) is 2.73. The average molecular weight is 162 g/mol. The van der Waals surface area contributed by atoms with Crippen molar-refractivity contribution in [2.75, 3.05) is 0 Å². The fourth-order valence-corrected chi connectivity index (χ4v) is 1.47. The van der Waals surface area contributed by atoms with Crippen molar-refractivity contribution in [3.8, 4) is 0 Å². The molecule has 0 bridgehead atoms. The maximum Gasteiger partial charge on any atom is 0.0976 e. The SMILES string of the molecule is O[C@H]1C=C[C@H](O)c2ccccc21. The Balaban J connectivity index is 2.54. The summed E-state index contributed by atoms with van der Waals surface area (Å²) in [5, 5.41) is 19.0. The molecule has 62 valence electrons. The molecule has 2 N–H and O–H groups in total. The van der Waals surface area contributed by atoms with E-state index in [0.717, 1.165) is 11.1 Å². The zero-order valence-corrected chi connectivity index (χ0v) is 6.51. The Hall–Kier alpha value is -1.12. The van der Waals surface area contributed by atoms with Crippen LogP contribution >= 0.6 is 0 Å². The zero-order valence-electron chi connectivity index (χ0n) is 6.51. The highest BCUT2D eigenvalue weighted by atomic mass is 16.3. The molecule has 0 aromatic heterocycles. The number of aliphatic hydroxyl groups is 2. The molecule has 0 saturated carbocycles. The molecule has 0 fully saturated rings. The maximum absolute atomic E-state index is 9.48. The highest BCUT2D eigenvalue weighted by Crippen LogP contribution is 2.30. The fourth-order valence-electron chi connectivity index (χ4n) is 1.47. The van der Waals surface area contributed by atoms with Gasteiger partial charge in [0.25, 0.3) is 0 Å². The highest BCUT2D eigenvalue weighted by Gasteiger charge is 2.18. The Kier molecular flexibility index (Phi) is 1.71. The number of hydrogen-bond donors (Lipinski definition) is 2. The molecule has 12 heavy (non-hydrogen) atoms. The predicted octanol–water partition coefficient (Wildman–Crippen LogP) is 1.32. The van der Waals surface area contributed by atoms with Crippen LogP contribution in [-0.4, -0.2) is 10.2 Å². The van der Waals surface area contributed by atoms with Gasteiger partial charge in [-0.25, -0.2) is 0 Å². The van der Waals surface area contributed by atoms with Gasteiger partial charge in [-0.05, 0) is 11.1 Å². The van der Waals surface area contributed by atoms with E-state index in [1.807, 2.05) is 24.3 Å². The molecule has 2 heteroatoms. The molecular weight excluding hydrogens is 152 g/mol. The second-order valence-electron chi connectivity index (χ2n) is 2.90. The molecule has 1 aliphatic carbocycles. The number of aliphatic hydroxyl groups excluding tert-OH is 2. The first-order valence-corrected chi connectivity index (χ1v) is 3.92. The van der Waals surface area contributed by atoms with Gasteiger partial charge in [-0.15, -0.1) is 0 Å². The first-order valence-electron chi connectivity index (χ1n) is 3.92. The average Bonchev–Trinajstić information content (AvgIpc) is 2.12. The van der Waals surface area contributed by atoms with Gasteiger partial charge in [0.2, 0.25) is 0 Å². The summed E-state index contributed by atoms with van der Waals surface area (Å²) < 4.78 is 0. The van der Waals surface area contributed by atoms with E-state index in [1.165, 1.54) is 0 Å². The molecule has 2 atom stereocenters. The van der Waals surface area contributed by atoms with Crippen LogP contribution in [0.1, 0.15) is 23.3 Å². The quantitative estimate of drug-likeness (QED) is 0.565. The van der Waals surface area contributed by atoms with Gasteiger partial charge in [0.1, 0.15) is 0 Å². The van der Waals surface area contributed by atoms with Crippen LogP contribution in [-0.2, 0) is 0 Å². The third-order valence-corrected chi connectivity index (χ3v) is 2.11. The molecule has 0 amide bonds. The van der Waals surface area contributed by atoms with E-state index in [4.69, 9.17) is 0 Å². The number of hydrogen-bond acceptors (Lipinski definition) is 2. The zero-order chi connectivity index (χ0) is 8.55. The van der Waals surface area contributed by atoms with Crippen LogP contribution in [0.2, 0.25) is 0 Å². The fraction of sp³-hybridized carbons (Fsp3) is 0.200. The summed E-state index contributed by atoms with van der Waals surface area (Å²) in [7, 11) is 0. The van der Waals surface area contributed by atoms with Crippen molar-refractivity contribution < 1.29 is 10.2 Å². The maximum atomic E-state index is 9.48. The Morgan fingerprint density at radius 2 is 1.25 bits per heavy atom. The van der Waals surface area contributed by atoms with Crippen LogP contribution in [0.4, 0.5) is 0 Å². The van der Waals surface area contributed by atoms with Crippen molar-refractivity contribution in [1.29, 1.82) is 0 Å². The molecule has 0 saturated heterocycles. The topological polar surface area (TPSA) is 40.5 Å². The predicted molar refractivity (Wildman–Crippen MR) is 45.5 cm³/mol. The lowest BCUT2D eigenvalue weighted by atomic mass is 9.93. The lowest BCUT2D eigenvalue weighted by Crippen LogP contribution is -2.08. The Morgan fingerprint density at radius 1 is 0.833 bits per heavy atom. The summed E-state index contributed by atoms with van der Waals surface area (Å²) in [6, 6.07) is 7.36. The van der Waals surface area contributed by atoms with Gasteiger partial charge in [-0.1, -0.05) is 36.4 Å². The minimum absolute atomic E-state index is 0.565. The van der Waals surface area contributed by atoms with E-state index >= 15 is 0 Å². The molecule has 0 spiro atoms. The summed E-state index contributed by atoms with van der Waals surface area (Å²) in [5.74, 6) is 0. The molecule has 0 aliphatic heterocycles. The third kappa shape index (κ3) is 1.05. The minimum Gasteiger partial charge on any atom is -0.384 e. The minimum atomic E-state index is -0.565. The Labute approximate surface area is 70.8 Å². The lowest BCUT2D eigenvalue weighted by molar-refractivity contribution is 0.188. The normalized spacial score (nSPS) is 26.8. The summed E-state index contributed by atoms with van der Waals surface area (Å²) in [6.07, 6.45) is 2.08. The molecule has 1 aliphatic rings. The molecular formula is C10H10O2.